The van der Waals surface area contributed by atoms with Crippen LogP contribution in [0.2, 0.25) is 0 Å². The van der Waals surface area contributed by atoms with E-state index in [-0.39, 0.29) is 5.91 Å². The van der Waals surface area contributed by atoms with Crippen molar-refractivity contribution in [2.75, 3.05) is 32.5 Å². The number of carbonyl (C=O) groups excluding carboxylic acids is 1. The van der Waals surface area contributed by atoms with Crippen molar-refractivity contribution in [3.8, 4) is 0 Å². The molecule has 25 heavy (non-hydrogen) atoms. The van der Waals surface area contributed by atoms with E-state index in [1.807, 2.05) is 31.3 Å². The largest absolute Gasteiger partial charge is 0.324 e. The van der Waals surface area contributed by atoms with Crippen LogP contribution in [0.1, 0.15) is 23.1 Å². The summed E-state index contributed by atoms with van der Waals surface area (Å²) in [7, 11) is 3.95. The number of fused-ring (bicyclic) bond motifs is 1. The van der Waals surface area contributed by atoms with Crippen LogP contribution in [0.5, 0.6) is 0 Å². The molecule has 0 saturated heterocycles. The van der Waals surface area contributed by atoms with Crippen LogP contribution >= 0.6 is 0 Å². The third-order valence-corrected chi connectivity index (χ3v) is 4.53. The van der Waals surface area contributed by atoms with Crippen molar-refractivity contribution in [3.63, 3.8) is 0 Å². The minimum atomic E-state index is 0.0515. The van der Waals surface area contributed by atoms with E-state index in [4.69, 9.17) is 0 Å². The normalized spacial score (nSPS) is 14.4. The van der Waals surface area contributed by atoms with Gasteiger partial charge in [-0.3, -0.25) is 14.7 Å². The molecular weight excluding hydrogens is 312 g/mol. The van der Waals surface area contributed by atoms with E-state index in [1.165, 1.54) is 16.7 Å². The van der Waals surface area contributed by atoms with Crippen LogP contribution < -0.4 is 5.32 Å². The lowest BCUT2D eigenvalue weighted by Gasteiger charge is -2.29. The molecule has 5 nitrogen and oxygen atoms in total. The van der Waals surface area contributed by atoms with Crippen molar-refractivity contribution in [2.24, 2.45) is 0 Å². The minimum absolute atomic E-state index is 0.0515. The first-order valence-electron chi connectivity index (χ1n) is 8.78. The Morgan fingerprint density at radius 3 is 2.80 bits per heavy atom. The molecule has 0 bridgehead atoms. The van der Waals surface area contributed by atoms with Gasteiger partial charge in [0.1, 0.15) is 0 Å². The number of hydrogen-bond acceptors (Lipinski definition) is 4. The molecule has 0 fully saturated rings. The van der Waals surface area contributed by atoms with Gasteiger partial charge in [-0.05, 0) is 37.2 Å². The number of benzene rings is 1. The molecule has 0 radical (unpaired) electrons. The van der Waals surface area contributed by atoms with Crippen LogP contribution in [-0.2, 0) is 24.3 Å². The van der Waals surface area contributed by atoms with Crippen molar-refractivity contribution in [3.05, 3.63) is 59.4 Å². The molecule has 3 rings (SSSR count). The van der Waals surface area contributed by atoms with Gasteiger partial charge in [0, 0.05) is 38.8 Å². The van der Waals surface area contributed by atoms with Crippen molar-refractivity contribution in [2.45, 2.75) is 25.9 Å². The molecule has 0 aliphatic carbocycles. The molecule has 132 valence electrons. The molecule has 1 aliphatic rings. The van der Waals surface area contributed by atoms with E-state index in [0.29, 0.717) is 6.42 Å². The van der Waals surface area contributed by atoms with E-state index >= 15 is 0 Å². The Morgan fingerprint density at radius 1 is 1.24 bits per heavy atom. The number of carbonyl (C=O) groups is 1. The first kappa shape index (κ1) is 17.6. The predicted octanol–water partition coefficient (Wildman–Crippen LogP) is 2.53. The summed E-state index contributed by atoms with van der Waals surface area (Å²) in [6, 6.07) is 10.5. The zero-order valence-corrected chi connectivity index (χ0v) is 15.0. The second-order valence-electron chi connectivity index (χ2n) is 6.87. The molecule has 1 N–H and O–H groups in total. The lowest BCUT2D eigenvalue weighted by molar-refractivity contribution is -0.116. The molecule has 0 atom stereocenters. The Labute approximate surface area is 149 Å². The van der Waals surface area contributed by atoms with Crippen LogP contribution in [0, 0.1) is 0 Å². The smallest absolute Gasteiger partial charge is 0.225 e. The number of anilines is 1. The molecule has 0 unspecified atom stereocenters. The fraction of sp³-hybridized carbons (Fsp3) is 0.400. The molecule has 1 amide bonds. The fourth-order valence-electron chi connectivity index (χ4n) is 3.17. The number of amides is 1. The summed E-state index contributed by atoms with van der Waals surface area (Å²) >= 11 is 0. The fourth-order valence-corrected chi connectivity index (χ4v) is 3.17. The van der Waals surface area contributed by atoms with Gasteiger partial charge in [-0.25, -0.2) is 0 Å². The highest BCUT2D eigenvalue weighted by Gasteiger charge is 2.20. The molecule has 1 aromatic carbocycles. The van der Waals surface area contributed by atoms with Gasteiger partial charge in [0.25, 0.3) is 0 Å². The Morgan fingerprint density at radius 2 is 2.04 bits per heavy atom. The topological polar surface area (TPSA) is 48.5 Å². The highest BCUT2D eigenvalue weighted by atomic mass is 16.1. The summed E-state index contributed by atoms with van der Waals surface area (Å²) in [5.74, 6) is 0.0515. The lowest BCUT2D eigenvalue weighted by Crippen LogP contribution is -2.31. The maximum atomic E-state index is 12.1. The van der Waals surface area contributed by atoms with Crippen molar-refractivity contribution < 1.29 is 4.79 Å². The summed E-state index contributed by atoms with van der Waals surface area (Å²) in [5, 5.41) is 3.04. The van der Waals surface area contributed by atoms with Gasteiger partial charge in [-0.15, -0.1) is 0 Å². The summed E-state index contributed by atoms with van der Waals surface area (Å²) < 4.78 is 0. The monoisotopic (exact) mass is 338 g/mol. The second kappa shape index (κ2) is 8.23. The van der Waals surface area contributed by atoms with Crippen molar-refractivity contribution in [1.29, 1.82) is 0 Å². The maximum Gasteiger partial charge on any atom is 0.225 e. The molecular formula is C20H26N4O. The van der Waals surface area contributed by atoms with E-state index in [2.05, 4.69) is 39.5 Å². The van der Waals surface area contributed by atoms with Crippen molar-refractivity contribution >= 4 is 11.6 Å². The third kappa shape index (κ3) is 4.87. The van der Waals surface area contributed by atoms with E-state index in [0.717, 1.165) is 38.3 Å². The summed E-state index contributed by atoms with van der Waals surface area (Å²) in [6.07, 6.45) is 5.14. The molecule has 2 aromatic rings. The number of rotatable bonds is 6. The minimum Gasteiger partial charge on any atom is -0.324 e. The SMILES string of the molecule is CN(C)CCC(=O)Nc1cncc2c1CCN(Cc1ccccc1)C2. The highest BCUT2D eigenvalue weighted by molar-refractivity contribution is 5.91. The number of nitrogens with zero attached hydrogens (tertiary/aromatic N) is 3. The zero-order valence-electron chi connectivity index (χ0n) is 15.0. The van der Waals surface area contributed by atoms with Crippen LogP contribution in [0.3, 0.4) is 0 Å². The lowest BCUT2D eigenvalue weighted by atomic mass is 9.99. The second-order valence-corrected chi connectivity index (χ2v) is 6.87. The molecule has 1 aliphatic heterocycles. The Bertz CT molecular complexity index is 715. The first-order valence-corrected chi connectivity index (χ1v) is 8.78. The van der Waals surface area contributed by atoms with Crippen LogP contribution in [0.15, 0.2) is 42.7 Å². The Kier molecular flexibility index (Phi) is 5.79. The number of aromatic nitrogens is 1. The Balaban J connectivity index is 1.65. The van der Waals surface area contributed by atoms with Gasteiger partial charge in [0.15, 0.2) is 0 Å². The van der Waals surface area contributed by atoms with Gasteiger partial charge in [-0.1, -0.05) is 30.3 Å². The van der Waals surface area contributed by atoms with Crippen LogP contribution in [0.25, 0.3) is 0 Å². The van der Waals surface area contributed by atoms with Gasteiger partial charge < -0.3 is 10.2 Å². The summed E-state index contributed by atoms with van der Waals surface area (Å²) in [4.78, 5) is 20.9. The first-order chi connectivity index (χ1) is 12.1. The van der Waals surface area contributed by atoms with Crippen molar-refractivity contribution in [1.82, 2.24) is 14.8 Å². The van der Waals surface area contributed by atoms with Crippen LogP contribution in [-0.4, -0.2) is 47.9 Å². The van der Waals surface area contributed by atoms with Gasteiger partial charge in [0.05, 0.1) is 11.9 Å². The number of hydrogen-bond donors (Lipinski definition) is 1. The quantitative estimate of drug-likeness (QED) is 0.879. The van der Waals surface area contributed by atoms with Crippen LogP contribution in [0.4, 0.5) is 5.69 Å². The summed E-state index contributed by atoms with van der Waals surface area (Å²) in [6.45, 7) is 3.56. The molecule has 2 heterocycles. The average Bonchev–Trinajstić information content (AvgIpc) is 2.61. The Hall–Kier alpha value is -2.24. The van der Waals surface area contributed by atoms with Gasteiger partial charge in [0.2, 0.25) is 5.91 Å². The maximum absolute atomic E-state index is 12.1. The summed E-state index contributed by atoms with van der Waals surface area (Å²) in [5.41, 5.74) is 4.65. The predicted molar refractivity (Wildman–Crippen MR) is 100 cm³/mol. The molecule has 0 saturated carbocycles. The average molecular weight is 338 g/mol. The van der Waals surface area contributed by atoms with E-state index < -0.39 is 0 Å². The molecule has 1 aromatic heterocycles. The standard InChI is InChI=1S/C20H26N4O/c1-23(2)10-9-20(25)22-19-13-21-12-17-15-24(11-8-18(17)19)14-16-6-4-3-5-7-16/h3-7,12-13H,8-11,14-15H2,1-2H3,(H,22,25). The molecule has 5 heteroatoms. The zero-order chi connectivity index (χ0) is 17.6. The molecule has 0 spiro atoms. The number of pyridine rings is 1. The highest BCUT2D eigenvalue weighted by Crippen LogP contribution is 2.26. The number of nitrogens with one attached hydrogen (secondary N) is 1. The van der Waals surface area contributed by atoms with E-state index in [1.54, 1.807) is 6.20 Å². The van der Waals surface area contributed by atoms with Gasteiger partial charge in [-0.2, -0.15) is 0 Å². The third-order valence-electron chi connectivity index (χ3n) is 4.53. The van der Waals surface area contributed by atoms with Gasteiger partial charge >= 0.3 is 0 Å². The van der Waals surface area contributed by atoms with E-state index in [9.17, 15) is 4.79 Å².